The Morgan fingerprint density at radius 1 is 0.766 bits per heavy atom. The number of halogens is 2. The van der Waals surface area contributed by atoms with Crippen LogP contribution in [-0.4, -0.2) is 3.21 Å². The Labute approximate surface area is 313 Å². The molecule has 0 radical (unpaired) electrons. The fraction of sp³-hybridized carbons (Fsp3) is 0.477. The van der Waals surface area contributed by atoms with Crippen molar-refractivity contribution in [1.82, 2.24) is 0 Å². The van der Waals surface area contributed by atoms with Crippen molar-refractivity contribution in [2.24, 2.45) is 23.2 Å². The molecule has 4 saturated carbocycles. The van der Waals surface area contributed by atoms with Gasteiger partial charge in [-0.2, -0.15) is 29.8 Å². The summed E-state index contributed by atoms with van der Waals surface area (Å²) in [6.45, 7) is 15.8. The van der Waals surface area contributed by atoms with Crippen LogP contribution in [0.15, 0.2) is 78.4 Å². The predicted octanol–water partition coefficient (Wildman–Crippen LogP) is 12.2. The van der Waals surface area contributed by atoms with Gasteiger partial charge in [0.2, 0.25) is 0 Å². The zero-order valence-electron chi connectivity index (χ0n) is 29.6. The SMILES string of the molecule is CC(C)(C)c1[c-]c2c(cc1)-c1ccc(C(C)(C)C)cc1C2.C[C](=[Zr+2])c1ccccc1.Cl.Cl.[C-]1=C(C23CC4CC(CC(C4)C2)C3)C=CC1. The second-order valence-corrected chi connectivity index (χ2v) is 18.5. The van der Waals surface area contributed by atoms with Crippen LogP contribution in [-0.2, 0) is 41.5 Å². The molecule has 4 fully saturated rings. The standard InChI is InChI=1S/C21H25.C15H19.C8H8.2ClH.Zr/c1-20(2,3)16-7-9-18-14(12-16)11-15-13-17(21(4,5)6)8-10-19(15)18;1-2-4-14(3-1)15-8-11-5-12(9-15)7-13(6-11)10-15;1-2-8-6-4-3-5-7-8;;;/h7-10,12H,11H2,1-6H3;1,3,11-13H,2,5-10H2;3-7H,1H3;2*1H;/q2*-1;;;;+2. The molecule has 6 aliphatic carbocycles. The Hall–Kier alpha value is -1.53. The van der Waals surface area contributed by atoms with Gasteiger partial charge in [0, 0.05) is 0 Å². The molecule has 0 heterocycles. The van der Waals surface area contributed by atoms with Crippen LogP contribution in [0.2, 0.25) is 0 Å². The van der Waals surface area contributed by atoms with E-state index in [9.17, 15) is 0 Å². The van der Waals surface area contributed by atoms with Crippen LogP contribution in [0.5, 0.6) is 0 Å². The smallest absolute Gasteiger partial charge is 0.0373 e. The van der Waals surface area contributed by atoms with E-state index in [1.165, 1.54) is 85.6 Å². The third-order valence-corrected chi connectivity index (χ3v) is 11.7. The maximum atomic E-state index is 3.67. The summed E-state index contributed by atoms with van der Waals surface area (Å²) in [5.41, 5.74) is 12.3. The van der Waals surface area contributed by atoms with Gasteiger partial charge in [-0.1, -0.05) is 65.3 Å². The van der Waals surface area contributed by atoms with Gasteiger partial charge in [-0.3, -0.25) is 6.08 Å². The third-order valence-electron chi connectivity index (χ3n) is 11.0. The molecule has 0 nitrogen and oxygen atoms in total. The van der Waals surface area contributed by atoms with E-state index >= 15 is 0 Å². The predicted molar refractivity (Wildman–Crippen MR) is 203 cm³/mol. The minimum absolute atomic E-state index is 0. The van der Waals surface area contributed by atoms with Crippen molar-refractivity contribution in [3.63, 3.8) is 0 Å². The monoisotopic (exact) mass is 742 g/mol. The van der Waals surface area contributed by atoms with Gasteiger partial charge in [0.1, 0.15) is 0 Å². The van der Waals surface area contributed by atoms with Gasteiger partial charge in [0.25, 0.3) is 0 Å². The van der Waals surface area contributed by atoms with Crippen LogP contribution in [0, 0.1) is 35.3 Å². The molecule has 0 aliphatic heterocycles. The number of rotatable bonds is 2. The van der Waals surface area contributed by atoms with E-state index < -0.39 is 0 Å². The summed E-state index contributed by atoms with van der Waals surface area (Å²) in [5.74, 6) is 3.21. The van der Waals surface area contributed by atoms with Crippen molar-refractivity contribution in [3.8, 4) is 11.1 Å². The number of allylic oxidation sites excluding steroid dienone is 4. The van der Waals surface area contributed by atoms with Crippen LogP contribution in [0.4, 0.5) is 0 Å². The van der Waals surface area contributed by atoms with Crippen molar-refractivity contribution in [1.29, 1.82) is 0 Å². The molecule has 0 spiro atoms. The molecule has 0 saturated heterocycles. The average Bonchev–Trinajstić information content (AvgIpc) is 3.65. The zero-order chi connectivity index (χ0) is 32.0. The van der Waals surface area contributed by atoms with E-state index in [0.717, 1.165) is 30.6 Å². The molecule has 0 unspecified atom stereocenters. The summed E-state index contributed by atoms with van der Waals surface area (Å²) < 4.78 is 1.46. The van der Waals surface area contributed by atoms with Crippen LogP contribution >= 0.6 is 24.8 Å². The Kier molecular flexibility index (Phi) is 12.3. The number of hydrogen-bond acceptors (Lipinski definition) is 0. The topological polar surface area (TPSA) is 0 Å². The van der Waals surface area contributed by atoms with Gasteiger partial charge in [-0.15, -0.1) is 42.4 Å². The maximum Gasteiger partial charge on any atom is -0.0373 e. The van der Waals surface area contributed by atoms with E-state index in [-0.39, 0.29) is 35.6 Å². The fourth-order valence-corrected chi connectivity index (χ4v) is 9.33. The summed E-state index contributed by atoms with van der Waals surface area (Å²) in [6.07, 6.45) is 19.5. The Balaban J connectivity index is 0.000000168. The molecule has 0 aromatic heterocycles. The molecule has 6 aliphatic rings. The third kappa shape index (κ3) is 8.62. The van der Waals surface area contributed by atoms with Gasteiger partial charge < -0.3 is 0 Å². The van der Waals surface area contributed by atoms with E-state index in [1.54, 1.807) is 24.8 Å². The molecule has 0 amide bonds. The van der Waals surface area contributed by atoms with Crippen molar-refractivity contribution < 1.29 is 24.2 Å². The first kappa shape index (κ1) is 38.3. The van der Waals surface area contributed by atoms with E-state index in [0.29, 0.717) is 5.41 Å². The molecule has 248 valence electrons. The Bertz CT molecular complexity index is 1520. The maximum absolute atomic E-state index is 3.67. The summed E-state index contributed by atoms with van der Waals surface area (Å²) >= 11 is 1.51. The minimum Gasteiger partial charge on any atom is -0.269 e. The normalized spacial score (nSPS) is 24.4. The second-order valence-electron chi connectivity index (χ2n) is 16.7. The first-order valence-corrected chi connectivity index (χ1v) is 18.6. The molecular weight excluding hydrogens is 691 g/mol. The Morgan fingerprint density at radius 2 is 1.36 bits per heavy atom. The van der Waals surface area contributed by atoms with Gasteiger partial charge in [-0.25, -0.2) is 11.6 Å². The summed E-state index contributed by atoms with van der Waals surface area (Å²) in [4.78, 5) is 0. The number of hydrogen-bond donors (Lipinski definition) is 0. The largest absolute Gasteiger partial charge is 0.269 e. The number of benzene rings is 3. The van der Waals surface area contributed by atoms with Crippen LogP contribution in [0.25, 0.3) is 11.1 Å². The van der Waals surface area contributed by atoms with Gasteiger partial charge in [0.15, 0.2) is 0 Å². The molecule has 9 rings (SSSR count). The Morgan fingerprint density at radius 3 is 1.85 bits per heavy atom. The summed E-state index contributed by atoms with van der Waals surface area (Å²) in [7, 11) is 0. The summed E-state index contributed by atoms with van der Waals surface area (Å²) in [5, 5.41) is 0. The van der Waals surface area contributed by atoms with Gasteiger partial charge in [-0.05, 0) is 90.1 Å². The first-order chi connectivity index (χ1) is 21.3. The van der Waals surface area contributed by atoms with Crippen LogP contribution in [0.3, 0.4) is 0 Å². The van der Waals surface area contributed by atoms with Crippen molar-refractivity contribution in [3.05, 3.63) is 118 Å². The quantitative estimate of drug-likeness (QED) is 0.179. The molecule has 3 aromatic carbocycles. The van der Waals surface area contributed by atoms with E-state index in [2.05, 4.69) is 127 Å². The van der Waals surface area contributed by atoms with E-state index in [1.807, 2.05) is 6.07 Å². The van der Waals surface area contributed by atoms with Crippen LogP contribution in [0.1, 0.15) is 121 Å². The average molecular weight is 745 g/mol. The molecule has 4 bridgehead atoms. The molecule has 0 atom stereocenters. The first-order valence-electron chi connectivity index (χ1n) is 17.4. The van der Waals surface area contributed by atoms with Gasteiger partial charge >= 0.3 is 70.3 Å². The van der Waals surface area contributed by atoms with Crippen molar-refractivity contribution in [2.45, 2.75) is 111 Å². The molecule has 3 heteroatoms. The number of fused-ring (bicyclic) bond motifs is 3. The van der Waals surface area contributed by atoms with Crippen molar-refractivity contribution >= 4 is 28.0 Å². The zero-order valence-corrected chi connectivity index (χ0v) is 33.7. The second kappa shape index (κ2) is 15.2. The van der Waals surface area contributed by atoms with Crippen molar-refractivity contribution in [2.75, 3.05) is 0 Å². The fourth-order valence-electron chi connectivity index (χ4n) is 8.93. The molecular formula is C44H54Cl2Zr. The summed E-state index contributed by atoms with van der Waals surface area (Å²) in [6, 6.07) is 25.6. The molecule has 0 N–H and O–H groups in total. The van der Waals surface area contributed by atoms with Gasteiger partial charge in [0.05, 0.1) is 0 Å². The minimum atomic E-state index is 0. The molecule has 47 heavy (non-hydrogen) atoms. The van der Waals surface area contributed by atoms with E-state index in [4.69, 9.17) is 0 Å². The van der Waals surface area contributed by atoms with Crippen LogP contribution < -0.4 is 0 Å². The molecule has 3 aromatic rings.